The third-order valence-electron chi connectivity index (χ3n) is 5.83. The molecule has 0 radical (unpaired) electrons. The number of carbonyl (C=O) groups excluding carboxylic acids is 2. The molecule has 6 nitrogen and oxygen atoms in total. The van der Waals surface area contributed by atoms with Crippen molar-refractivity contribution < 1.29 is 26.1 Å². The maximum absolute atomic E-state index is 11.6. The van der Waals surface area contributed by atoms with Crippen LogP contribution in [0.1, 0.15) is 0 Å². The summed E-state index contributed by atoms with van der Waals surface area (Å²) in [5.74, 6) is -0.00983. The summed E-state index contributed by atoms with van der Waals surface area (Å²) in [5, 5.41) is 11.7. The molecule has 2 aliphatic rings. The van der Waals surface area contributed by atoms with Crippen molar-refractivity contribution in [3.8, 4) is 22.5 Å². The van der Waals surface area contributed by atoms with Crippen molar-refractivity contribution in [2.45, 2.75) is 0 Å². The third kappa shape index (κ3) is 9.26. The Bertz CT molecular complexity index is 1650. The van der Waals surface area contributed by atoms with Crippen LogP contribution in [0, 0.1) is 0 Å². The first-order valence-corrected chi connectivity index (χ1v) is 15.9. The van der Waals surface area contributed by atoms with Gasteiger partial charge in [0.25, 0.3) is 0 Å². The van der Waals surface area contributed by atoms with Gasteiger partial charge >= 0.3 is 0 Å². The second-order valence-corrected chi connectivity index (χ2v) is 12.3. The maximum atomic E-state index is 11.6. The van der Waals surface area contributed by atoms with E-state index >= 15 is 0 Å². The second-order valence-electron chi connectivity index (χ2n) is 8.74. The quantitative estimate of drug-likeness (QED) is 0.150. The summed E-state index contributed by atoms with van der Waals surface area (Å²) in [5.41, 5.74) is 5.20. The van der Waals surface area contributed by atoms with Crippen LogP contribution in [-0.2, 0) is 26.1 Å². The van der Waals surface area contributed by atoms with E-state index in [0.29, 0.717) is 11.1 Å². The molecular weight excluding hydrogens is 755 g/mol. The van der Waals surface area contributed by atoms with Gasteiger partial charge in [-0.1, -0.05) is 80.4 Å². The molecule has 2 heterocycles. The minimum Gasteiger partial charge on any atom is -0.337 e. The molecule has 43 heavy (non-hydrogen) atoms. The first kappa shape index (κ1) is 32.4. The van der Waals surface area contributed by atoms with Gasteiger partial charge in [-0.3, -0.25) is 9.59 Å². The number of benzene rings is 2. The van der Waals surface area contributed by atoms with Gasteiger partial charge in [-0.15, -0.1) is 22.7 Å². The van der Waals surface area contributed by atoms with Crippen LogP contribution in [0.15, 0.2) is 140 Å². The van der Waals surface area contributed by atoms with Crippen molar-refractivity contribution in [1.29, 1.82) is 0 Å². The topological polar surface area (TPSA) is 84.0 Å². The van der Waals surface area contributed by atoms with E-state index in [1.165, 1.54) is 22.7 Å². The minimum absolute atomic E-state index is 0. The summed E-state index contributed by atoms with van der Waals surface area (Å²) in [6.07, 6.45) is 17.2. The van der Waals surface area contributed by atoms with Gasteiger partial charge < -0.3 is 10.6 Å². The maximum Gasteiger partial charge on any atom is 0.187 e. The normalized spacial score (nSPS) is 15.3. The van der Waals surface area contributed by atoms with Crippen molar-refractivity contribution in [2.24, 2.45) is 0 Å². The molecule has 2 N–H and O–H groups in total. The molecule has 0 fully saturated rings. The fraction of sp³-hybridized carbons (Fsp3) is 0. The third-order valence-corrected chi connectivity index (χ3v) is 8.43. The number of allylic oxidation sites excluding steroid dienone is 10. The van der Waals surface area contributed by atoms with Crippen LogP contribution in [-0.4, -0.2) is 21.5 Å². The molecule has 2 aromatic heterocycles. The number of hydrogen-bond donors (Lipinski definition) is 2. The second kappa shape index (κ2) is 15.8. The van der Waals surface area contributed by atoms with E-state index in [4.69, 9.17) is 0 Å². The smallest absolute Gasteiger partial charge is 0.187 e. The largest absolute Gasteiger partial charge is 0.337 e. The molecule has 0 bridgehead atoms. The molecule has 0 atom stereocenters. The van der Waals surface area contributed by atoms with Crippen LogP contribution in [0.4, 0.5) is 10.3 Å². The summed E-state index contributed by atoms with van der Waals surface area (Å²) < 4.78 is 2.08. The first-order chi connectivity index (χ1) is 20.4. The predicted octanol–water partition coefficient (Wildman–Crippen LogP) is 9.12. The zero-order chi connectivity index (χ0) is 29.3. The molecule has 0 spiro atoms. The first-order valence-electron chi connectivity index (χ1n) is 12.6. The van der Waals surface area contributed by atoms with Gasteiger partial charge in [0.15, 0.2) is 21.8 Å². The number of thiazole rings is 2. The van der Waals surface area contributed by atoms with Crippen LogP contribution < -0.4 is 10.6 Å². The Hall–Kier alpha value is -3.47. The Morgan fingerprint density at radius 3 is 1.33 bits per heavy atom. The summed E-state index contributed by atoms with van der Waals surface area (Å²) in [6.45, 7) is 0. The summed E-state index contributed by atoms with van der Waals surface area (Å²) in [6, 6.07) is 16.0. The summed E-state index contributed by atoms with van der Waals surface area (Å²) in [7, 11) is 0. The molecule has 0 aliphatic heterocycles. The number of nitrogens with one attached hydrogen (secondary N) is 2. The van der Waals surface area contributed by atoms with E-state index in [-0.39, 0.29) is 28.1 Å². The van der Waals surface area contributed by atoms with Gasteiger partial charge in [0.2, 0.25) is 0 Å². The number of rotatable bonds is 6. The molecule has 6 rings (SSSR count). The van der Waals surface area contributed by atoms with Gasteiger partial charge in [-0.25, -0.2) is 9.97 Å². The Morgan fingerprint density at radius 1 is 0.581 bits per heavy atom. The molecule has 218 valence electrons. The van der Waals surface area contributed by atoms with Gasteiger partial charge in [0.1, 0.15) is 0 Å². The molecule has 0 saturated heterocycles. The average molecular weight is 777 g/mol. The molecule has 0 saturated carbocycles. The fourth-order valence-corrected chi connectivity index (χ4v) is 5.57. The van der Waals surface area contributed by atoms with Crippen LogP contribution in [0.2, 0.25) is 0 Å². The van der Waals surface area contributed by atoms with E-state index < -0.39 is 0 Å². The minimum atomic E-state index is -0.00492. The Labute approximate surface area is 283 Å². The average Bonchev–Trinajstić information content (AvgIpc) is 3.68. The van der Waals surface area contributed by atoms with E-state index in [1.54, 1.807) is 48.9 Å². The van der Waals surface area contributed by atoms with E-state index in [9.17, 15) is 9.59 Å². The van der Waals surface area contributed by atoms with Gasteiger partial charge in [0, 0.05) is 70.9 Å². The number of halogens is 2. The van der Waals surface area contributed by atoms with E-state index in [2.05, 4.69) is 52.5 Å². The van der Waals surface area contributed by atoms with Crippen LogP contribution in [0.25, 0.3) is 22.5 Å². The van der Waals surface area contributed by atoms with Crippen LogP contribution in [0.3, 0.4) is 0 Å². The van der Waals surface area contributed by atoms with Crippen LogP contribution >= 0.6 is 54.5 Å². The number of anilines is 2. The summed E-state index contributed by atoms with van der Waals surface area (Å²) in [4.78, 5) is 32.2. The number of carbonyl (C=O) groups is 2. The van der Waals surface area contributed by atoms with Crippen molar-refractivity contribution in [1.82, 2.24) is 9.97 Å². The van der Waals surface area contributed by atoms with Gasteiger partial charge in [-0.2, -0.15) is 0 Å². The standard InChI is InChI=1S/2C16H11BrN2OS.Ni/c2*17-13-7-5-11(6-8-13)14-10-21-16(19-14)18-9-12-3-1-2-4-15(12)20;/h2*1-10H,(H,18,19);/b2*12-9-;. The van der Waals surface area contributed by atoms with Crippen molar-refractivity contribution in [2.75, 3.05) is 10.6 Å². The molecular formula is C32H22Br2N4NiO2S2. The SMILES string of the molecule is O=C1C=CC=C/C1=C/Nc1nc(-c2ccc(Br)cc2)cs1.O=C1C=CC=C/C1=C/Nc1nc(-c2ccc(Br)cc2)cs1.[Ni]. The van der Waals surface area contributed by atoms with Crippen molar-refractivity contribution >= 4 is 76.4 Å². The van der Waals surface area contributed by atoms with Crippen molar-refractivity contribution in [3.05, 3.63) is 140 Å². The predicted molar refractivity (Wildman–Crippen MR) is 180 cm³/mol. The summed E-state index contributed by atoms with van der Waals surface area (Å²) >= 11 is 9.84. The zero-order valence-corrected chi connectivity index (χ0v) is 27.9. The number of ketones is 2. The Morgan fingerprint density at radius 2 is 0.953 bits per heavy atom. The molecule has 2 aliphatic carbocycles. The zero-order valence-electron chi connectivity index (χ0n) is 22.1. The van der Waals surface area contributed by atoms with Crippen molar-refractivity contribution in [3.63, 3.8) is 0 Å². The molecule has 0 unspecified atom stereocenters. The molecule has 4 aromatic rings. The monoisotopic (exact) mass is 774 g/mol. The number of nitrogens with zero attached hydrogens (tertiary/aromatic N) is 2. The Kier molecular flexibility index (Phi) is 12.0. The fourth-order valence-electron chi connectivity index (χ4n) is 3.67. The number of hydrogen-bond acceptors (Lipinski definition) is 8. The molecule has 11 heteroatoms. The van der Waals surface area contributed by atoms with E-state index in [1.807, 2.05) is 71.4 Å². The van der Waals surface area contributed by atoms with Crippen LogP contribution in [0.5, 0.6) is 0 Å². The van der Waals surface area contributed by atoms with E-state index in [0.717, 1.165) is 41.7 Å². The molecule has 0 amide bonds. The van der Waals surface area contributed by atoms with Gasteiger partial charge in [0.05, 0.1) is 11.4 Å². The Balaban J connectivity index is 0.000000192. The molecule has 2 aromatic carbocycles. The number of aromatic nitrogens is 2. The van der Waals surface area contributed by atoms with Gasteiger partial charge in [-0.05, 0) is 48.6 Å².